The lowest BCUT2D eigenvalue weighted by atomic mass is 10.2. The van der Waals surface area contributed by atoms with E-state index in [0.717, 1.165) is 11.4 Å². The fraction of sp³-hybridized carbons (Fsp3) is 0.417. The van der Waals surface area contributed by atoms with Crippen LogP contribution in [0.2, 0.25) is 0 Å². The first-order chi connectivity index (χ1) is 7.69. The number of rotatable bonds is 5. The number of carbonyl (C=O) groups excluding carboxylic acids is 1. The highest BCUT2D eigenvalue weighted by Crippen LogP contribution is 2.18. The van der Waals surface area contributed by atoms with Crippen LogP contribution in [0.4, 0.5) is 5.69 Å². The van der Waals surface area contributed by atoms with Crippen molar-refractivity contribution in [3.05, 3.63) is 24.3 Å². The molecule has 0 saturated carbocycles. The van der Waals surface area contributed by atoms with Crippen LogP contribution in [-0.2, 0) is 4.79 Å². The molecule has 0 radical (unpaired) electrons. The fourth-order valence-electron chi connectivity index (χ4n) is 1.35. The zero-order chi connectivity index (χ0) is 12.0. The van der Waals surface area contributed by atoms with E-state index < -0.39 is 0 Å². The van der Waals surface area contributed by atoms with E-state index in [1.54, 1.807) is 19.1 Å². The summed E-state index contributed by atoms with van der Waals surface area (Å²) >= 11 is 0. The lowest BCUT2D eigenvalue weighted by molar-refractivity contribution is -0.118. The van der Waals surface area contributed by atoms with Gasteiger partial charge >= 0.3 is 0 Å². The molecule has 4 nitrogen and oxygen atoms in total. The number of hydrogen-bond donors (Lipinski definition) is 1. The van der Waals surface area contributed by atoms with Crippen LogP contribution in [0, 0.1) is 0 Å². The van der Waals surface area contributed by atoms with Crippen LogP contribution in [-0.4, -0.2) is 33.7 Å². The van der Waals surface area contributed by atoms with E-state index in [-0.39, 0.29) is 5.91 Å². The topological polar surface area (TPSA) is 41.6 Å². The zero-order valence-electron chi connectivity index (χ0n) is 9.99. The number of nitrogens with one attached hydrogen (secondary N) is 1. The van der Waals surface area contributed by atoms with Crippen molar-refractivity contribution >= 4 is 11.6 Å². The molecule has 1 aromatic rings. The first-order valence-electron chi connectivity index (χ1n) is 5.24. The molecule has 0 bridgehead atoms. The lowest BCUT2D eigenvalue weighted by Gasteiger charge is -2.17. The second kappa shape index (κ2) is 6.12. The number of carbonyl (C=O) groups is 1. The van der Waals surface area contributed by atoms with Crippen LogP contribution in [0.25, 0.3) is 0 Å². The Hall–Kier alpha value is -1.55. The van der Waals surface area contributed by atoms with Crippen LogP contribution >= 0.6 is 0 Å². The molecular weight excluding hydrogens is 204 g/mol. The monoisotopic (exact) mass is 222 g/mol. The van der Waals surface area contributed by atoms with E-state index in [4.69, 9.17) is 4.74 Å². The molecule has 4 heteroatoms. The molecule has 1 rings (SSSR count). The SMILES string of the molecule is CNCCC(=O)N(C)c1ccc(OC)cc1. The molecule has 0 aromatic heterocycles. The molecule has 1 N–H and O–H groups in total. The molecule has 0 spiro atoms. The van der Waals surface area contributed by atoms with Gasteiger partial charge in [-0.25, -0.2) is 0 Å². The minimum Gasteiger partial charge on any atom is -0.497 e. The Balaban J connectivity index is 2.64. The summed E-state index contributed by atoms with van der Waals surface area (Å²) in [5.74, 6) is 0.888. The third-order valence-electron chi connectivity index (χ3n) is 2.42. The van der Waals surface area contributed by atoms with Gasteiger partial charge in [0.25, 0.3) is 0 Å². The summed E-state index contributed by atoms with van der Waals surface area (Å²) in [5.41, 5.74) is 0.877. The number of benzene rings is 1. The number of methoxy groups -OCH3 is 1. The van der Waals surface area contributed by atoms with Crippen molar-refractivity contribution < 1.29 is 9.53 Å². The highest BCUT2D eigenvalue weighted by atomic mass is 16.5. The van der Waals surface area contributed by atoms with Crippen molar-refractivity contribution in [2.45, 2.75) is 6.42 Å². The normalized spacial score (nSPS) is 9.94. The molecule has 0 fully saturated rings. The highest BCUT2D eigenvalue weighted by Gasteiger charge is 2.09. The molecule has 0 aliphatic rings. The van der Waals surface area contributed by atoms with Crippen LogP contribution in [0.3, 0.4) is 0 Å². The Kier molecular flexibility index (Phi) is 4.79. The van der Waals surface area contributed by atoms with Gasteiger partial charge in [0.05, 0.1) is 7.11 Å². The second-order valence-electron chi connectivity index (χ2n) is 3.50. The molecule has 1 aromatic carbocycles. The molecule has 0 aliphatic heterocycles. The van der Waals surface area contributed by atoms with Gasteiger partial charge in [-0.1, -0.05) is 0 Å². The molecule has 1 amide bonds. The summed E-state index contributed by atoms with van der Waals surface area (Å²) in [7, 11) is 5.23. The van der Waals surface area contributed by atoms with E-state index in [9.17, 15) is 4.79 Å². The number of anilines is 1. The molecular formula is C12H18N2O2. The Morgan fingerprint density at radius 3 is 2.50 bits per heavy atom. The summed E-state index contributed by atoms with van der Waals surface area (Å²) in [4.78, 5) is 13.4. The minimum absolute atomic E-state index is 0.0968. The standard InChI is InChI=1S/C12H18N2O2/c1-13-9-8-12(15)14(2)10-4-6-11(16-3)7-5-10/h4-7,13H,8-9H2,1-3H3. The van der Waals surface area contributed by atoms with Crippen molar-refractivity contribution in [1.29, 1.82) is 0 Å². The maximum Gasteiger partial charge on any atom is 0.227 e. The van der Waals surface area contributed by atoms with Gasteiger partial charge in [0.15, 0.2) is 0 Å². The number of amides is 1. The van der Waals surface area contributed by atoms with Gasteiger partial charge in [0.1, 0.15) is 5.75 Å². The van der Waals surface area contributed by atoms with Crippen molar-refractivity contribution in [1.82, 2.24) is 5.32 Å². The number of hydrogen-bond acceptors (Lipinski definition) is 3. The van der Waals surface area contributed by atoms with Gasteiger partial charge in [-0.15, -0.1) is 0 Å². The van der Waals surface area contributed by atoms with Gasteiger partial charge in [-0.2, -0.15) is 0 Å². The van der Waals surface area contributed by atoms with Crippen molar-refractivity contribution in [2.24, 2.45) is 0 Å². The maximum atomic E-state index is 11.7. The van der Waals surface area contributed by atoms with E-state index in [0.29, 0.717) is 13.0 Å². The predicted octanol–water partition coefficient (Wildman–Crippen LogP) is 1.27. The predicted molar refractivity (Wildman–Crippen MR) is 64.9 cm³/mol. The molecule has 0 aliphatic carbocycles. The number of nitrogens with zero attached hydrogens (tertiary/aromatic N) is 1. The molecule has 0 saturated heterocycles. The summed E-state index contributed by atoms with van der Waals surface area (Å²) < 4.78 is 5.06. The van der Waals surface area contributed by atoms with Crippen molar-refractivity contribution in [2.75, 3.05) is 32.6 Å². The first kappa shape index (κ1) is 12.5. The Morgan fingerprint density at radius 1 is 1.38 bits per heavy atom. The number of ether oxygens (including phenoxy) is 1. The van der Waals surface area contributed by atoms with Gasteiger partial charge in [-0.05, 0) is 31.3 Å². The third kappa shape index (κ3) is 3.24. The molecule has 16 heavy (non-hydrogen) atoms. The quantitative estimate of drug-likeness (QED) is 0.815. The van der Waals surface area contributed by atoms with E-state index in [1.165, 1.54) is 0 Å². The molecule has 0 atom stereocenters. The van der Waals surface area contributed by atoms with Crippen LogP contribution in [0.15, 0.2) is 24.3 Å². The van der Waals surface area contributed by atoms with Gasteiger partial charge in [0, 0.05) is 25.7 Å². The Bertz CT molecular complexity index is 335. The van der Waals surface area contributed by atoms with Gasteiger partial charge in [-0.3, -0.25) is 4.79 Å². The second-order valence-corrected chi connectivity index (χ2v) is 3.50. The fourth-order valence-corrected chi connectivity index (χ4v) is 1.35. The summed E-state index contributed by atoms with van der Waals surface area (Å²) in [5, 5.41) is 2.96. The van der Waals surface area contributed by atoms with Gasteiger partial charge < -0.3 is 15.0 Å². The maximum absolute atomic E-state index is 11.7. The third-order valence-corrected chi connectivity index (χ3v) is 2.42. The Labute approximate surface area is 96.2 Å². The Morgan fingerprint density at radius 2 is 2.00 bits per heavy atom. The zero-order valence-corrected chi connectivity index (χ0v) is 9.99. The first-order valence-corrected chi connectivity index (χ1v) is 5.24. The van der Waals surface area contributed by atoms with E-state index >= 15 is 0 Å². The highest BCUT2D eigenvalue weighted by molar-refractivity contribution is 5.92. The summed E-state index contributed by atoms with van der Waals surface area (Å²) in [6.45, 7) is 0.694. The average molecular weight is 222 g/mol. The van der Waals surface area contributed by atoms with Crippen LogP contribution in [0.5, 0.6) is 5.75 Å². The van der Waals surface area contributed by atoms with Crippen LogP contribution < -0.4 is 15.0 Å². The largest absolute Gasteiger partial charge is 0.497 e. The minimum atomic E-state index is 0.0968. The summed E-state index contributed by atoms with van der Waals surface area (Å²) in [6, 6.07) is 7.43. The van der Waals surface area contributed by atoms with Gasteiger partial charge in [0.2, 0.25) is 5.91 Å². The smallest absolute Gasteiger partial charge is 0.227 e. The molecule has 88 valence electrons. The van der Waals surface area contributed by atoms with E-state index in [2.05, 4.69) is 5.32 Å². The van der Waals surface area contributed by atoms with Crippen molar-refractivity contribution in [3.63, 3.8) is 0 Å². The molecule has 0 heterocycles. The molecule has 0 unspecified atom stereocenters. The van der Waals surface area contributed by atoms with E-state index in [1.807, 2.05) is 31.3 Å². The summed E-state index contributed by atoms with van der Waals surface area (Å²) in [6.07, 6.45) is 0.499. The van der Waals surface area contributed by atoms with Crippen molar-refractivity contribution in [3.8, 4) is 5.75 Å². The van der Waals surface area contributed by atoms with Crippen LogP contribution in [0.1, 0.15) is 6.42 Å². The average Bonchev–Trinajstić information content (AvgIpc) is 2.35. The lowest BCUT2D eigenvalue weighted by Crippen LogP contribution is -2.28.